The molecule has 0 bridgehead atoms. The lowest BCUT2D eigenvalue weighted by Gasteiger charge is -2.06. The number of hydrogen-bond donors (Lipinski definition) is 1. The number of aromatic nitrogens is 1. The third-order valence-corrected chi connectivity index (χ3v) is 3.47. The lowest BCUT2D eigenvalue weighted by atomic mass is 10.1. The lowest BCUT2D eigenvalue weighted by molar-refractivity contribution is -0.116. The van der Waals surface area contributed by atoms with Crippen LogP contribution in [0.15, 0.2) is 36.5 Å². The van der Waals surface area contributed by atoms with Gasteiger partial charge in [0.2, 0.25) is 5.91 Å². The van der Waals surface area contributed by atoms with Crippen molar-refractivity contribution < 1.29 is 4.79 Å². The van der Waals surface area contributed by atoms with Crippen molar-refractivity contribution in [2.24, 2.45) is 0 Å². The number of hydrogen-bond acceptors (Lipinski definition) is 2. The largest absolute Gasteiger partial charge is 0.311 e. The van der Waals surface area contributed by atoms with Gasteiger partial charge in [-0.3, -0.25) is 4.79 Å². The van der Waals surface area contributed by atoms with Crippen LogP contribution in [0.3, 0.4) is 0 Å². The average molecular weight is 289 g/mol. The fourth-order valence-electron chi connectivity index (χ4n) is 1.86. The average Bonchev–Trinajstić information content (AvgIpc) is 2.40. The number of halogens is 1. The van der Waals surface area contributed by atoms with E-state index in [1.165, 1.54) is 0 Å². The summed E-state index contributed by atoms with van der Waals surface area (Å²) in [7, 11) is 0. The second kappa shape index (κ2) is 6.53. The van der Waals surface area contributed by atoms with E-state index in [-0.39, 0.29) is 5.91 Å². The molecule has 0 aliphatic carbocycles. The van der Waals surface area contributed by atoms with E-state index in [4.69, 9.17) is 11.6 Å². The Morgan fingerprint density at radius 3 is 2.75 bits per heavy atom. The van der Waals surface area contributed by atoms with Crippen molar-refractivity contribution in [3.05, 3.63) is 58.2 Å². The first-order chi connectivity index (χ1) is 9.54. The van der Waals surface area contributed by atoms with E-state index in [2.05, 4.69) is 10.3 Å². The highest BCUT2D eigenvalue weighted by atomic mass is 35.5. The Balaban J connectivity index is 1.90. The SMILES string of the molecule is Cc1ccnc(NC(=O)CCc2ccc(C)c(Cl)c2)c1. The number of carbonyl (C=O) groups excluding carboxylic acids is 1. The summed E-state index contributed by atoms with van der Waals surface area (Å²) >= 11 is 6.07. The van der Waals surface area contributed by atoms with E-state index >= 15 is 0 Å². The molecule has 1 amide bonds. The Bertz CT molecular complexity index is 626. The second-order valence-corrected chi connectivity index (χ2v) is 5.26. The molecule has 1 N–H and O–H groups in total. The second-order valence-electron chi connectivity index (χ2n) is 4.85. The molecule has 0 atom stereocenters. The van der Waals surface area contributed by atoms with Crippen LogP contribution < -0.4 is 5.32 Å². The van der Waals surface area contributed by atoms with Crippen LogP contribution in [0.25, 0.3) is 0 Å². The number of benzene rings is 1. The molecule has 2 rings (SSSR count). The zero-order chi connectivity index (χ0) is 14.5. The maximum Gasteiger partial charge on any atom is 0.225 e. The fourth-order valence-corrected chi connectivity index (χ4v) is 2.06. The number of rotatable bonds is 4. The standard InChI is InChI=1S/C16H17ClN2O/c1-11-7-8-18-15(9-11)19-16(20)6-5-13-4-3-12(2)14(17)10-13/h3-4,7-10H,5-6H2,1-2H3,(H,18,19,20). The predicted octanol–water partition coefficient (Wildman–Crippen LogP) is 3.92. The Morgan fingerprint density at radius 1 is 1.25 bits per heavy atom. The number of pyridine rings is 1. The van der Waals surface area contributed by atoms with Gasteiger partial charge in [0, 0.05) is 17.6 Å². The number of anilines is 1. The summed E-state index contributed by atoms with van der Waals surface area (Å²) in [6.07, 6.45) is 2.76. The van der Waals surface area contributed by atoms with Crippen LogP contribution in [-0.2, 0) is 11.2 Å². The smallest absolute Gasteiger partial charge is 0.225 e. The molecular weight excluding hydrogens is 272 g/mol. The summed E-state index contributed by atoms with van der Waals surface area (Å²) in [5, 5.41) is 3.54. The van der Waals surface area contributed by atoms with Gasteiger partial charge in [-0.2, -0.15) is 0 Å². The van der Waals surface area contributed by atoms with E-state index in [0.29, 0.717) is 18.7 Å². The van der Waals surface area contributed by atoms with Crippen LogP contribution in [0.1, 0.15) is 23.1 Å². The van der Waals surface area contributed by atoms with Crippen LogP contribution in [0, 0.1) is 13.8 Å². The summed E-state index contributed by atoms with van der Waals surface area (Å²) < 4.78 is 0. The summed E-state index contributed by atoms with van der Waals surface area (Å²) in [6.45, 7) is 3.92. The van der Waals surface area contributed by atoms with E-state index in [9.17, 15) is 4.79 Å². The molecule has 0 radical (unpaired) electrons. The third kappa shape index (κ3) is 4.07. The van der Waals surface area contributed by atoms with Gasteiger partial charge >= 0.3 is 0 Å². The molecule has 1 aromatic heterocycles. The minimum absolute atomic E-state index is 0.0419. The number of aryl methyl sites for hydroxylation is 3. The van der Waals surface area contributed by atoms with Gasteiger partial charge in [-0.1, -0.05) is 23.7 Å². The van der Waals surface area contributed by atoms with E-state index in [1.54, 1.807) is 6.20 Å². The minimum Gasteiger partial charge on any atom is -0.311 e. The topological polar surface area (TPSA) is 42.0 Å². The molecule has 0 unspecified atom stereocenters. The van der Waals surface area contributed by atoms with Gasteiger partial charge in [-0.05, 0) is 55.2 Å². The molecule has 0 spiro atoms. The molecule has 4 heteroatoms. The molecule has 0 aliphatic rings. The lowest BCUT2D eigenvalue weighted by Crippen LogP contribution is -2.13. The number of nitrogens with one attached hydrogen (secondary N) is 1. The summed E-state index contributed by atoms with van der Waals surface area (Å²) in [4.78, 5) is 16.0. The maximum absolute atomic E-state index is 11.9. The van der Waals surface area contributed by atoms with Crippen LogP contribution in [-0.4, -0.2) is 10.9 Å². The monoisotopic (exact) mass is 288 g/mol. The van der Waals surface area contributed by atoms with E-state index < -0.39 is 0 Å². The fraction of sp³-hybridized carbons (Fsp3) is 0.250. The molecule has 20 heavy (non-hydrogen) atoms. The van der Waals surface area contributed by atoms with Gasteiger partial charge in [-0.25, -0.2) is 4.98 Å². The number of carbonyl (C=O) groups is 1. The van der Waals surface area contributed by atoms with Gasteiger partial charge in [0.1, 0.15) is 5.82 Å². The van der Waals surface area contributed by atoms with E-state index in [0.717, 1.165) is 21.7 Å². The molecule has 1 aromatic carbocycles. The highest BCUT2D eigenvalue weighted by molar-refractivity contribution is 6.31. The zero-order valence-electron chi connectivity index (χ0n) is 11.6. The van der Waals surface area contributed by atoms with Gasteiger partial charge in [-0.15, -0.1) is 0 Å². The highest BCUT2D eigenvalue weighted by Gasteiger charge is 2.05. The Kier molecular flexibility index (Phi) is 4.74. The van der Waals surface area contributed by atoms with Crippen molar-refractivity contribution in [1.82, 2.24) is 4.98 Å². The first-order valence-electron chi connectivity index (χ1n) is 6.52. The first kappa shape index (κ1) is 14.5. The molecule has 1 heterocycles. The van der Waals surface area contributed by atoms with E-state index in [1.807, 2.05) is 44.2 Å². The van der Waals surface area contributed by atoms with Gasteiger partial charge in [0.25, 0.3) is 0 Å². The number of amides is 1. The summed E-state index contributed by atoms with van der Waals surface area (Å²) in [5.41, 5.74) is 3.18. The van der Waals surface area contributed by atoms with Crippen LogP contribution >= 0.6 is 11.6 Å². The Hall–Kier alpha value is -1.87. The molecule has 2 aromatic rings. The van der Waals surface area contributed by atoms with Gasteiger partial charge in [0.15, 0.2) is 0 Å². The quantitative estimate of drug-likeness (QED) is 0.926. The van der Waals surface area contributed by atoms with Crippen molar-refractivity contribution in [2.75, 3.05) is 5.32 Å². The molecule has 0 saturated heterocycles. The van der Waals surface area contributed by atoms with Crippen LogP contribution in [0.4, 0.5) is 5.82 Å². The molecule has 0 saturated carbocycles. The van der Waals surface area contributed by atoms with Crippen LogP contribution in [0.5, 0.6) is 0 Å². The number of nitrogens with zero attached hydrogens (tertiary/aromatic N) is 1. The predicted molar refractivity (Wildman–Crippen MR) is 82.1 cm³/mol. The minimum atomic E-state index is -0.0419. The molecule has 3 nitrogen and oxygen atoms in total. The van der Waals surface area contributed by atoms with Gasteiger partial charge in [0.05, 0.1) is 0 Å². The molecule has 0 fully saturated rings. The Labute approximate surface area is 124 Å². The molecule has 104 valence electrons. The summed E-state index contributed by atoms with van der Waals surface area (Å²) in [5.74, 6) is 0.553. The molecule has 0 aliphatic heterocycles. The van der Waals surface area contributed by atoms with Gasteiger partial charge < -0.3 is 5.32 Å². The van der Waals surface area contributed by atoms with Crippen molar-refractivity contribution in [3.8, 4) is 0 Å². The summed E-state index contributed by atoms with van der Waals surface area (Å²) in [6, 6.07) is 9.62. The molecular formula is C16H17ClN2O. The third-order valence-electron chi connectivity index (χ3n) is 3.06. The van der Waals surface area contributed by atoms with Crippen molar-refractivity contribution in [3.63, 3.8) is 0 Å². The Morgan fingerprint density at radius 2 is 2.05 bits per heavy atom. The maximum atomic E-state index is 11.9. The van der Waals surface area contributed by atoms with Crippen molar-refractivity contribution >= 4 is 23.3 Å². The van der Waals surface area contributed by atoms with Crippen LogP contribution in [0.2, 0.25) is 5.02 Å². The normalized spacial score (nSPS) is 10.3. The van der Waals surface area contributed by atoms with Crippen molar-refractivity contribution in [1.29, 1.82) is 0 Å². The highest BCUT2D eigenvalue weighted by Crippen LogP contribution is 2.17. The zero-order valence-corrected chi connectivity index (χ0v) is 12.4. The van der Waals surface area contributed by atoms with Crippen molar-refractivity contribution in [2.45, 2.75) is 26.7 Å². The first-order valence-corrected chi connectivity index (χ1v) is 6.90.